The van der Waals surface area contributed by atoms with Crippen molar-refractivity contribution in [3.63, 3.8) is 0 Å². The highest BCUT2D eigenvalue weighted by Crippen LogP contribution is 2.29. The molecule has 0 saturated carbocycles. The van der Waals surface area contributed by atoms with Crippen LogP contribution in [0.15, 0.2) is 18.2 Å². The summed E-state index contributed by atoms with van der Waals surface area (Å²) in [5.74, 6) is -0.993. The van der Waals surface area contributed by atoms with Crippen molar-refractivity contribution in [2.24, 2.45) is 0 Å². The summed E-state index contributed by atoms with van der Waals surface area (Å²) in [6.07, 6.45) is 0. The zero-order valence-corrected chi connectivity index (χ0v) is 12.6. The van der Waals surface area contributed by atoms with Gasteiger partial charge in [-0.05, 0) is 63.4 Å². The Bertz CT molecular complexity index is 669. The van der Waals surface area contributed by atoms with Crippen molar-refractivity contribution in [2.45, 2.75) is 40.7 Å². The molecule has 2 rings (SSSR count). The number of nitrogens with zero attached hydrogens (tertiary/aromatic N) is 2. The van der Waals surface area contributed by atoms with Crippen molar-refractivity contribution in [2.75, 3.05) is 0 Å². The van der Waals surface area contributed by atoms with Crippen LogP contribution in [0, 0.1) is 20.8 Å². The number of hydrogen-bond donors (Lipinski definition) is 1. The van der Waals surface area contributed by atoms with Gasteiger partial charge in [0, 0.05) is 11.6 Å². The van der Waals surface area contributed by atoms with E-state index in [9.17, 15) is 4.79 Å². The van der Waals surface area contributed by atoms with E-state index in [2.05, 4.69) is 31.1 Å². The zero-order chi connectivity index (χ0) is 15.0. The highest BCUT2D eigenvalue weighted by Gasteiger charge is 2.18. The molecule has 0 fully saturated rings. The lowest BCUT2D eigenvalue weighted by molar-refractivity contribution is 0.0689. The van der Waals surface area contributed by atoms with Crippen LogP contribution in [-0.4, -0.2) is 20.9 Å². The molecule has 106 valence electrons. The third-order valence-corrected chi connectivity index (χ3v) is 3.56. The number of hydrogen-bond acceptors (Lipinski definition) is 2. The lowest BCUT2D eigenvalue weighted by Crippen LogP contribution is -2.07. The molecule has 0 aliphatic rings. The Morgan fingerprint density at radius 3 is 2.25 bits per heavy atom. The van der Waals surface area contributed by atoms with Gasteiger partial charge in [0.1, 0.15) is 0 Å². The number of benzene rings is 1. The maximum absolute atomic E-state index is 11.2. The molecule has 1 N–H and O–H groups in total. The molecule has 0 bridgehead atoms. The summed E-state index contributed by atoms with van der Waals surface area (Å²) >= 11 is 0. The predicted molar refractivity (Wildman–Crippen MR) is 79.2 cm³/mol. The quantitative estimate of drug-likeness (QED) is 0.925. The third-order valence-electron chi connectivity index (χ3n) is 3.56. The number of rotatable bonds is 3. The lowest BCUT2D eigenvalue weighted by atomic mass is 9.98. The third kappa shape index (κ3) is 2.46. The second-order valence-corrected chi connectivity index (χ2v) is 5.51. The predicted octanol–water partition coefficient (Wildman–Crippen LogP) is 3.75. The standard InChI is InChI=1S/C16H20N2O2/c1-9(2)18-15(8-14(17-18)16(19)20)13-7-11(4)10(3)6-12(13)5/h6-9H,1-5H3,(H,19,20). The van der Waals surface area contributed by atoms with E-state index >= 15 is 0 Å². The summed E-state index contributed by atoms with van der Waals surface area (Å²) in [4.78, 5) is 11.2. The summed E-state index contributed by atoms with van der Waals surface area (Å²) in [7, 11) is 0. The van der Waals surface area contributed by atoms with Gasteiger partial charge in [-0.1, -0.05) is 6.07 Å². The van der Waals surface area contributed by atoms with Crippen LogP contribution in [0.25, 0.3) is 11.3 Å². The Morgan fingerprint density at radius 2 is 1.70 bits per heavy atom. The van der Waals surface area contributed by atoms with E-state index in [1.165, 1.54) is 11.1 Å². The molecule has 0 amide bonds. The number of carboxylic acids is 1. The van der Waals surface area contributed by atoms with Crippen LogP contribution in [0.1, 0.15) is 47.1 Å². The van der Waals surface area contributed by atoms with E-state index in [-0.39, 0.29) is 11.7 Å². The van der Waals surface area contributed by atoms with Gasteiger partial charge >= 0.3 is 5.97 Å². The van der Waals surface area contributed by atoms with Crippen LogP contribution in [0.4, 0.5) is 0 Å². The summed E-state index contributed by atoms with van der Waals surface area (Å²) in [5.41, 5.74) is 5.55. The number of carboxylic acid groups (broad SMARTS) is 1. The Morgan fingerprint density at radius 1 is 1.10 bits per heavy atom. The van der Waals surface area contributed by atoms with Crippen molar-refractivity contribution in [3.8, 4) is 11.3 Å². The number of carbonyl (C=O) groups is 1. The number of aromatic carboxylic acids is 1. The van der Waals surface area contributed by atoms with Crippen LogP contribution in [0.5, 0.6) is 0 Å². The molecule has 1 aromatic carbocycles. The van der Waals surface area contributed by atoms with E-state index in [0.29, 0.717) is 0 Å². The minimum absolute atomic E-state index is 0.0892. The van der Waals surface area contributed by atoms with Gasteiger partial charge in [-0.15, -0.1) is 0 Å². The van der Waals surface area contributed by atoms with Crippen molar-refractivity contribution in [3.05, 3.63) is 40.6 Å². The average Bonchev–Trinajstić information content (AvgIpc) is 2.78. The molecule has 1 heterocycles. The Labute approximate surface area is 119 Å². The number of aryl methyl sites for hydroxylation is 3. The second-order valence-electron chi connectivity index (χ2n) is 5.51. The van der Waals surface area contributed by atoms with Gasteiger partial charge in [-0.25, -0.2) is 4.79 Å². The van der Waals surface area contributed by atoms with Crippen molar-refractivity contribution >= 4 is 5.97 Å². The summed E-state index contributed by atoms with van der Waals surface area (Å²) < 4.78 is 1.78. The summed E-state index contributed by atoms with van der Waals surface area (Å²) in [5, 5.41) is 13.3. The highest BCUT2D eigenvalue weighted by atomic mass is 16.4. The van der Waals surface area contributed by atoms with Gasteiger partial charge in [-0.3, -0.25) is 4.68 Å². The lowest BCUT2D eigenvalue weighted by Gasteiger charge is -2.14. The Balaban J connectivity index is 2.68. The van der Waals surface area contributed by atoms with E-state index in [1.54, 1.807) is 10.7 Å². The van der Waals surface area contributed by atoms with E-state index in [0.717, 1.165) is 16.8 Å². The summed E-state index contributed by atoms with van der Waals surface area (Å²) in [6, 6.07) is 5.99. The molecule has 0 radical (unpaired) electrons. The normalized spacial score (nSPS) is 11.1. The molecule has 0 spiro atoms. The SMILES string of the molecule is Cc1cc(C)c(-c2cc(C(=O)O)nn2C(C)C)cc1C. The fraction of sp³-hybridized carbons (Fsp3) is 0.375. The minimum Gasteiger partial charge on any atom is -0.476 e. The molecule has 20 heavy (non-hydrogen) atoms. The Hall–Kier alpha value is -2.10. The maximum Gasteiger partial charge on any atom is 0.356 e. The van der Waals surface area contributed by atoms with Gasteiger partial charge in [-0.2, -0.15) is 5.10 Å². The first-order valence-electron chi connectivity index (χ1n) is 6.72. The zero-order valence-electron chi connectivity index (χ0n) is 12.6. The summed E-state index contributed by atoms with van der Waals surface area (Å²) in [6.45, 7) is 10.2. The van der Waals surface area contributed by atoms with Crippen LogP contribution in [0.3, 0.4) is 0 Å². The molecule has 4 nitrogen and oxygen atoms in total. The molecule has 0 aliphatic heterocycles. The van der Waals surface area contributed by atoms with Crippen LogP contribution in [-0.2, 0) is 0 Å². The van der Waals surface area contributed by atoms with E-state index < -0.39 is 5.97 Å². The largest absolute Gasteiger partial charge is 0.476 e. The highest BCUT2D eigenvalue weighted by molar-refractivity contribution is 5.87. The van der Waals surface area contributed by atoms with Gasteiger partial charge in [0.25, 0.3) is 0 Å². The first-order valence-corrected chi connectivity index (χ1v) is 6.72. The monoisotopic (exact) mass is 272 g/mol. The van der Waals surface area contributed by atoms with Crippen LogP contribution >= 0.6 is 0 Å². The number of aromatic nitrogens is 2. The molecule has 2 aromatic rings. The minimum atomic E-state index is -0.993. The van der Waals surface area contributed by atoms with Crippen LogP contribution < -0.4 is 0 Å². The molecule has 1 aromatic heterocycles. The molecule has 4 heteroatoms. The van der Waals surface area contributed by atoms with Crippen molar-refractivity contribution in [1.82, 2.24) is 9.78 Å². The molecular weight excluding hydrogens is 252 g/mol. The van der Waals surface area contributed by atoms with Gasteiger partial charge in [0.2, 0.25) is 0 Å². The molecular formula is C16H20N2O2. The average molecular weight is 272 g/mol. The first kappa shape index (κ1) is 14.3. The second kappa shape index (κ2) is 5.12. The van der Waals surface area contributed by atoms with Crippen molar-refractivity contribution in [1.29, 1.82) is 0 Å². The van der Waals surface area contributed by atoms with Gasteiger partial charge in [0.15, 0.2) is 5.69 Å². The van der Waals surface area contributed by atoms with Gasteiger partial charge < -0.3 is 5.11 Å². The Kier molecular flexibility index (Phi) is 3.66. The molecule has 0 unspecified atom stereocenters. The fourth-order valence-corrected chi connectivity index (χ4v) is 2.33. The smallest absolute Gasteiger partial charge is 0.356 e. The maximum atomic E-state index is 11.2. The first-order chi connectivity index (χ1) is 9.31. The molecule has 0 atom stereocenters. The van der Waals surface area contributed by atoms with Gasteiger partial charge in [0.05, 0.1) is 5.69 Å². The van der Waals surface area contributed by atoms with Crippen molar-refractivity contribution < 1.29 is 9.90 Å². The topological polar surface area (TPSA) is 55.1 Å². The molecule has 0 aliphatic carbocycles. The van der Waals surface area contributed by atoms with Crippen LogP contribution in [0.2, 0.25) is 0 Å². The van der Waals surface area contributed by atoms with E-state index in [4.69, 9.17) is 5.11 Å². The fourth-order valence-electron chi connectivity index (χ4n) is 2.33. The van der Waals surface area contributed by atoms with E-state index in [1.807, 2.05) is 20.8 Å². The molecule has 0 saturated heterocycles.